The number of hydrogen-bond acceptors (Lipinski definition) is 3. The first-order valence-electron chi connectivity index (χ1n) is 6.94. The lowest BCUT2D eigenvalue weighted by Crippen LogP contribution is -2.21. The quantitative estimate of drug-likeness (QED) is 0.778. The van der Waals surface area contributed by atoms with Crippen LogP contribution in [0, 0.1) is 23.7 Å². The Morgan fingerprint density at radius 2 is 2.22 bits per heavy atom. The van der Waals surface area contributed by atoms with Gasteiger partial charge in [0.05, 0.1) is 18.6 Å². The summed E-state index contributed by atoms with van der Waals surface area (Å²) in [6, 6.07) is 0. The maximum absolute atomic E-state index is 11.8. The number of carbonyl (C=O) groups excluding carboxylic acids is 1. The van der Waals surface area contributed by atoms with Crippen molar-refractivity contribution in [2.45, 2.75) is 32.8 Å². The molecule has 1 N–H and O–H groups in total. The van der Waals surface area contributed by atoms with Gasteiger partial charge in [0.15, 0.2) is 0 Å². The molecule has 3 nitrogen and oxygen atoms in total. The first-order chi connectivity index (χ1) is 8.67. The Hall–Kier alpha value is -1.09. The van der Waals surface area contributed by atoms with Crippen LogP contribution in [0.3, 0.4) is 0 Å². The summed E-state index contributed by atoms with van der Waals surface area (Å²) in [6.07, 6.45) is 5.73. The predicted molar refractivity (Wildman–Crippen MR) is 67.7 cm³/mol. The van der Waals surface area contributed by atoms with Crippen LogP contribution in [-0.4, -0.2) is 23.8 Å². The van der Waals surface area contributed by atoms with Crippen molar-refractivity contribution >= 4 is 5.97 Å². The monoisotopic (exact) mass is 248 g/mol. The highest BCUT2D eigenvalue weighted by Gasteiger charge is 2.62. The summed E-state index contributed by atoms with van der Waals surface area (Å²) < 4.78 is 5.12. The molecule has 2 saturated carbocycles. The van der Waals surface area contributed by atoms with Crippen LogP contribution in [0.2, 0.25) is 0 Å². The van der Waals surface area contributed by atoms with E-state index in [4.69, 9.17) is 4.74 Å². The summed E-state index contributed by atoms with van der Waals surface area (Å²) in [4.78, 5) is 11.8. The van der Waals surface area contributed by atoms with Gasteiger partial charge in [-0.05, 0) is 36.8 Å². The minimum absolute atomic E-state index is 0.0355. The molecule has 98 valence electrons. The topological polar surface area (TPSA) is 46.5 Å². The average Bonchev–Trinajstić information content (AvgIpc) is 2.94. The van der Waals surface area contributed by atoms with Gasteiger partial charge in [0.1, 0.15) is 0 Å². The molecule has 0 saturated heterocycles. The molecule has 0 heterocycles. The number of allylic oxidation sites excluding steroid dienone is 2. The molecule has 3 rings (SSSR count). The standard InChI is InChI=1S/C15H20O3/c1-3-8-5-10-9(7-12(8)16)6-11-13(10)14(11)15(17)18-4-2/h5,7-8,11-14,16H,3-4,6H2,1-2H3. The third kappa shape index (κ3) is 1.64. The SMILES string of the molecule is CCOC(=O)C1C2CC3=CC(O)C(CC)C=C3C21. The first-order valence-corrected chi connectivity index (χ1v) is 6.94. The number of aliphatic hydroxyl groups excluding tert-OH is 1. The highest BCUT2D eigenvalue weighted by Crippen LogP contribution is 2.63. The fourth-order valence-electron chi connectivity index (χ4n) is 3.60. The molecule has 0 aromatic rings. The Morgan fingerprint density at radius 1 is 1.44 bits per heavy atom. The van der Waals surface area contributed by atoms with E-state index in [-0.39, 0.29) is 23.9 Å². The Labute approximate surface area is 108 Å². The molecule has 0 amide bonds. The van der Waals surface area contributed by atoms with Crippen LogP contribution in [-0.2, 0) is 9.53 Å². The summed E-state index contributed by atoms with van der Waals surface area (Å²) >= 11 is 0. The van der Waals surface area contributed by atoms with Crippen molar-refractivity contribution in [2.75, 3.05) is 6.61 Å². The van der Waals surface area contributed by atoms with Crippen LogP contribution >= 0.6 is 0 Å². The van der Waals surface area contributed by atoms with Crippen molar-refractivity contribution < 1.29 is 14.6 Å². The maximum atomic E-state index is 11.8. The third-order valence-corrected chi connectivity index (χ3v) is 4.59. The number of rotatable bonds is 3. The lowest BCUT2D eigenvalue weighted by molar-refractivity contribution is -0.145. The van der Waals surface area contributed by atoms with E-state index in [1.54, 1.807) is 0 Å². The van der Waals surface area contributed by atoms with Gasteiger partial charge < -0.3 is 9.84 Å². The Balaban J connectivity index is 1.77. The van der Waals surface area contributed by atoms with E-state index in [0.29, 0.717) is 18.4 Å². The van der Waals surface area contributed by atoms with Gasteiger partial charge in [-0.1, -0.05) is 19.1 Å². The second-order valence-electron chi connectivity index (χ2n) is 5.55. The van der Waals surface area contributed by atoms with Gasteiger partial charge >= 0.3 is 5.97 Å². The van der Waals surface area contributed by atoms with Crippen LogP contribution in [0.15, 0.2) is 23.3 Å². The van der Waals surface area contributed by atoms with Gasteiger partial charge in [-0.25, -0.2) is 0 Å². The Kier molecular flexibility index (Phi) is 2.81. The second-order valence-corrected chi connectivity index (χ2v) is 5.55. The molecule has 3 aliphatic rings. The molecule has 3 heteroatoms. The molecular weight excluding hydrogens is 228 g/mol. The van der Waals surface area contributed by atoms with Crippen molar-refractivity contribution in [3.05, 3.63) is 23.3 Å². The number of hydrogen-bond donors (Lipinski definition) is 1. The Morgan fingerprint density at radius 3 is 2.89 bits per heavy atom. The van der Waals surface area contributed by atoms with Gasteiger partial charge in [-0.3, -0.25) is 4.79 Å². The third-order valence-electron chi connectivity index (χ3n) is 4.59. The predicted octanol–water partition coefficient (Wildman–Crippen LogP) is 2.07. The fourth-order valence-corrected chi connectivity index (χ4v) is 3.60. The maximum Gasteiger partial charge on any atom is 0.309 e. The fraction of sp³-hybridized carbons (Fsp3) is 0.667. The molecule has 0 aromatic heterocycles. The number of aliphatic hydroxyl groups is 1. The molecular formula is C15H20O3. The lowest BCUT2D eigenvalue weighted by Gasteiger charge is -2.24. The van der Waals surface area contributed by atoms with Crippen LogP contribution in [0.25, 0.3) is 0 Å². The molecule has 0 bridgehead atoms. The van der Waals surface area contributed by atoms with Gasteiger partial charge in [-0.2, -0.15) is 0 Å². The highest BCUT2D eigenvalue weighted by molar-refractivity contribution is 5.79. The minimum atomic E-state index is -0.340. The molecule has 0 aliphatic heterocycles. The molecule has 0 spiro atoms. The Bertz CT molecular complexity index is 435. The molecule has 3 aliphatic carbocycles. The van der Waals surface area contributed by atoms with E-state index in [1.165, 1.54) is 11.1 Å². The van der Waals surface area contributed by atoms with E-state index in [9.17, 15) is 9.90 Å². The van der Waals surface area contributed by atoms with Crippen molar-refractivity contribution in [1.82, 2.24) is 0 Å². The summed E-state index contributed by atoms with van der Waals surface area (Å²) in [6.45, 7) is 4.41. The molecule has 5 atom stereocenters. The molecule has 2 fully saturated rings. The van der Waals surface area contributed by atoms with Gasteiger partial charge in [-0.15, -0.1) is 0 Å². The van der Waals surface area contributed by atoms with E-state index in [2.05, 4.69) is 13.0 Å². The minimum Gasteiger partial charge on any atom is -0.466 e. The summed E-state index contributed by atoms with van der Waals surface area (Å²) in [7, 11) is 0. The van der Waals surface area contributed by atoms with E-state index >= 15 is 0 Å². The molecule has 18 heavy (non-hydrogen) atoms. The first kappa shape index (κ1) is 12.0. The molecule has 0 radical (unpaired) electrons. The normalized spacial score (nSPS) is 40.5. The number of esters is 1. The molecule has 0 aromatic carbocycles. The van der Waals surface area contributed by atoms with E-state index < -0.39 is 0 Å². The summed E-state index contributed by atoms with van der Waals surface area (Å²) in [5.74, 6) is 1.07. The summed E-state index contributed by atoms with van der Waals surface area (Å²) in [5, 5.41) is 9.96. The van der Waals surface area contributed by atoms with E-state index in [0.717, 1.165) is 12.8 Å². The van der Waals surface area contributed by atoms with Crippen LogP contribution in [0.5, 0.6) is 0 Å². The van der Waals surface area contributed by atoms with E-state index in [1.807, 2.05) is 13.0 Å². The van der Waals surface area contributed by atoms with Crippen LogP contribution in [0.4, 0.5) is 0 Å². The second kappa shape index (κ2) is 4.23. The van der Waals surface area contributed by atoms with Crippen LogP contribution in [0.1, 0.15) is 26.7 Å². The average molecular weight is 248 g/mol. The van der Waals surface area contributed by atoms with Crippen molar-refractivity contribution in [2.24, 2.45) is 23.7 Å². The van der Waals surface area contributed by atoms with Crippen LogP contribution < -0.4 is 0 Å². The molecule has 5 unspecified atom stereocenters. The van der Waals surface area contributed by atoms with Crippen molar-refractivity contribution in [3.63, 3.8) is 0 Å². The largest absolute Gasteiger partial charge is 0.466 e. The summed E-state index contributed by atoms with van der Waals surface area (Å²) in [5.41, 5.74) is 2.58. The zero-order chi connectivity index (χ0) is 12.9. The zero-order valence-electron chi connectivity index (χ0n) is 10.9. The smallest absolute Gasteiger partial charge is 0.309 e. The van der Waals surface area contributed by atoms with Gasteiger partial charge in [0.2, 0.25) is 0 Å². The number of fused-ring (bicyclic) bond motifs is 3. The zero-order valence-corrected chi connectivity index (χ0v) is 10.9. The van der Waals surface area contributed by atoms with Gasteiger partial charge in [0, 0.05) is 11.8 Å². The lowest BCUT2D eigenvalue weighted by atomic mass is 9.85. The number of carbonyl (C=O) groups is 1. The van der Waals surface area contributed by atoms with Crippen molar-refractivity contribution in [1.29, 1.82) is 0 Å². The number of ether oxygens (including phenoxy) is 1. The van der Waals surface area contributed by atoms with Gasteiger partial charge in [0.25, 0.3) is 0 Å². The van der Waals surface area contributed by atoms with Crippen molar-refractivity contribution in [3.8, 4) is 0 Å². The highest BCUT2D eigenvalue weighted by atomic mass is 16.5.